The van der Waals surface area contributed by atoms with Crippen LogP contribution in [0.1, 0.15) is 40.3 Å². The second-order valence-electron chi connectivity index (χ2n) is 8.43. The lowest BCUT2D eigenvalue weighted by Gasteiger charge is -2.28. The van der Waals surface area contributed by atoms with Crippen LogP contribution in [0, 0.1) is 26.6 Å². The van der Waals surface area contributed by atoms with E-state index in [1.165, 1.54) is 6.07 Å². The van der Waals surface area contributed by atoms with E-state index in [9.17, 15) is 4.39 Å². The minimum atomic E-state index is -0.225. The van der Waals surface area contributed by atoms with Crippen molar-refractivity contribution in [1.82, 2.24) is 14.9 Å². The van der Waals surface area contributed by atoms with E-state index in [2.05, 4.69) is 51.8 Å². The zero-order valence-corrected chi connectivity index (χ0v) is 19.6. The van der Waals surface area contributed by atoms with Gasteiger partial charge in [-0.2, -0.15) is 0 Å². The van der Waals surface area contributed by atoms with Crippen LogP contribution in [-0.4, -0.2) is 14.7 Å². The van der Waals surface area contributed by atoms with Gasteiger partial charge in [0.2, 0.25) is 0 Å². The number of pyridine rings is 1. The monoisotopic (exact) mass is 456 g/mol. The molecule has 166 valence electrons. The summed E-state index contributed by atoms with van der Waals surface area (Å²) in [6.45, 7) is 6.03. The van der Waals surface area contributed by atoms with Gasteiger partial charge in [0.25, 0.3) is 0 Å². The molecule has 3 heterocycles. The highest BCUT2D eigenvalue weighted by Crippen LogP contribution is 2.44. The number of nitrogens with zero attached hydrogens (tertiary/aromatic N) is 3. The predicted molar refractivity (Wildman–Crippen MR) is 134 cm³/mol. The summed E-state index contributed by atoms with van der Waals surface area (Å²) in [6.07, 6.45) is 1.80. The van der Waals surface area contributed by atoms with Crippen LogP contribution in [0.25, 0.3) is 5.69 Å². The Labute approximate surface area is 198 Å². The van der Waals surface area contributed by atoms with Crippen LogP contribution in [0.5, 0.6) is 0 Å². The normalized spacial score (nSPS) is 17.9. The van der Waals surface area contributed by atoms with Crippen LogP contribution in [0.2, 0.25) is 0 Å². The molecular weight excluding hydrogens is 431 g/mol. The SMILES string of the molecule is Cc1cc(N2C(=S)N[C@@H](c3ccccn3)[C@H]2c2cc(C)n(-c3ccccc3)c2C)ccc1F. The number of para-hydroxylation sites is 1. The summed E-state index contributed by atoms with van der Waals surface area (Å²) in [5.41, 5.74) is 6.91. The van der Waals surface area contributed by atoms with Crippen molar-refractivity contribution in [2.75, 3.05) is 4.90 Å². The minimum absolute atomic E-state index is 0.138. The molecule has 0 spiro atoms. The number of hydrogen-bond acceptors (Lipinski definition) is 2. The van der Waals surface area contributed by atoms with Gasteiger partial charge in [0.1, 0.15) is 5.82 Å². The highest BCUT2D eigenvalue weighted by atomic mass is 32.1. The molecule has 4 aromatic rings. The number of nitrogens with one attached hydrogen (secondary N) is 1. The molecule has 0 unspecified atom stereocenters. The molecule has 0 aliphatic carbocycles. The van der Waals surface area contributed by atoms with E-state index in [0.29, 0.717) is 10.7 Å². The third kappa shape index (κ3) is 3.70. The van der Waals surface area contributed by atoms with Gasteiger partial charge in [0.05, 0.1) is 17.8 Å². The van der Waals surface area contributed by atoms with Crippen LogP contribution < -0.4 is 10.2 Å². The minimum Gasteiger partial charge on any atom is -0.351 e. The summed E-state index contributed by atoms with van der Waals surface area (Å²) < 4.78 is 16.3. The number of aryl methyl sites for hydroxylation is 2. The summed E-state index contributed by atoms with van der Waals surface area (Å²) in [4.78, 5) is 6.73. The van der Waals surface area contributed by atoms with E-state index >= 15 is 0 Å². The fraction of sp³-hybridized carbons (Fsp3) is 0.185. The van der Waals surface area contributed by atoms with E-state index in [4.69, 9.17) is 12.2 Å². The number of hydrogen-bond donors (Lipinski definition) is 1. The lowest BCUT2D eigenvalue weighted by atomic mass is 9.96. The molecule has 0 radical (unpaired) electrons. The number of thiocarbonyl (C=S) groups is 1. The van der Waals surface area contributed by atoms with Crippen molar-refractivity contribution in [3.05, 3.63) is 113 Å². The Bertz CT molecular complexity index is 1320. The fourth-order valence-corrected chi connectivity index (χ4v) is 5.14. The van der Waals surface area contributed by atoms with E-state index in [1.54, 1.807) is 19.2 Å². The maximum Gasteiger partial charge on any atom is 0.174 e. The molecule has 4 nitrogen and oxygen atoms in total. The largest absolute Gasteiger partial charge is 0.351 e. The van der Waals surface area contributed by atoms with Gasteiger partial charge in [-0.25, -0.2) is 4.39 Å². The average molecular weight is 457 g/mol. The molecule has 33 heavy (non-hydrogen) atoms. The molecule has 2 aromatic carbocycles. The first-order chi connectivity index (χ1) is 16.0. The Balaban J connectivity index is 1.69. The lowest BCUT2D eigenvalue weighted by molar-refractivity contribution is 0.564. The fourth-order valence-electron chi connectivity index (χ4n) is 4.79. The Morgan fingerprint density at radius 3 is 2.36 bits per heavy atom. The van der Waals surface area contributed by atoms with Gasteiger partial charge in [0, 0.05) is 29.0 Å². The molecule has 1 fully saturated rings. The summed E-state index contributed by atoms with van der Waals surface area (Å²) in [7, 11) is 0. The van der Waals surface area contributed by atoms with Gasteiger partial charge < -0.3 is 14.8 Å². The summed E-state index contributed by atoms with van der Waals surface area (Å²) in [5, 5.41) is 4.09. The van der Waals surface area contributed by atoms with E-state index in [-0.39, 0.29) is 17.9 Å². The van der Waals surface area contributed by atoms with E-state index < -0.39 is 0 Å². The van der Waals surface area contributed by atoms with Gasteiger partial charge in [-0.05, 0) is 92.6 Å². The first-order valence-corrected chi connectivity index (χ1v) is 11.4. The van der Waals surface area contributed by atoms with Crippen molar-refractivity contribution < 1.29 is 4.39 Å². The third-order valence-electron chi connectivity index (χ3n) is 6.32. The number of rotatable bonds is 4. The zero-order chi connectivity index (χ0) is 23.1. The molecule has 0 bridgehead atoms. The third-order valence-corrected chi connectivity index (χ3v) is 6.64. The van der Waals surface area contributed by atoms with Crippen LogP contribution in [0.4, 0.5) is 10.1 Å². The van der Waals surface area contributed by atoms with Crippen molar-refractivity contribution in [1.29, 1.82) is 0 Å². The highest BCUT2D eigenvalue weighted by Gasteiger charge is 2.42. The first kappa shape index (κ1) is 21.3. The Morgan fingerprint density at radius 1 is 0.909 bits per heavy atom. The van der Waals surface area contributed by atoms with Crippen molar-refractivity contribution in [3.63, 3.8) is 0 Å². The molecule has 0 amide bonds. The number of aromatic nitrogens is 2. The number of benzene rings is 2. The van der Waals surface area contributed by atoms with Crippen molar-refractivity contribution in [2.24, 2.45) is 0 Å². The smallest absolute Gasteiger partial charge is 0.174 e. The average Bonchev–Trinajstić information content (AvgIpc) is 3.32. The van der Waals surface area contributed by atoms with Gasteiger partial charge in [-0.3, -0.25) is 4.98 Å². The molecule has 1 saturated heterocycles. The Hall–Kier alpha value is -3.51. The molecule has 1 N–H and O–H groups in total. The van der Waals surface area contributed by atoms with E-state index in [1.807, 2.05) is 42.5 Å². The Kier molecular flexibility index (Phi) is 5.46. The molecular formula is C27H25FN4S. The van der Waals surface area contributed by atoms with Crippen molar-refractivity contribution >= 4 is 23.0 Å². The summed E-state index contributed by atoms with van der Waals surface area (Å²) in [6, 6.07) is 23.3. The molecule has 1 aliphatic heterocycles. The summed E-state index contributed by atoms with van der Waals surface area (Å²) in [5.74, 6) is -0.225. The van der Waals surface area contributed by atoms with Gasteiger partial charge in [-0.15, -0.1) is 0 Å². The van der Waals surface area contributed by atoms with Gasteiger partial charge >= 0.3 is 0 Å². The molecule has 2 atom stereocenters. The first-order valence-electron chi connectivity index (χ1n) is 11.0. The predicted octanol–water partition coefficient (Wildman–Crippen LogP) is 6.11. The molecule has 2 aromatic heterocycles. The quantitative estimate of drug-likeness (QED) is 0.376. The maximum atomic E-state index is 14.1. The van der Waals surface area contributed by atoms with Crippen LogP contribution in [0.3, 0.4) is 0 Å². The standard InChI is InChI=1S/C27H25FN4S/c1-17-15-21(12-13-23(17)28)32-26(25(30-27(32)33)24-11-7-8-14-29-24)22-16-18(2)31(19(22)3)20-9-5-4-6-10-20/h4-16,25-26H,1-3H3,(H,30,33)/t25-,26+/m0/s1. The number of anilines is 1. The zero-order valence-electron chi connectivity index (χ0n) is 18.8. The molecule has 5 rings (SSSR count). The van der Waals surface area contributed by atoms with Crippen LogP contribution in [0.15, 0.2) is 79.0 Å². The lowest BCUT2D eigenvalue weighted by Crippen LogP contribution is -2.29. The van der Waals surface area contributed by atoms with Crippen LogP contribution >= 0.6 is 12.2 Å². The highest BCUT2D eigenvalue weighted by molar-refractivity contribution is 7.80. The van der Waals surface area contributed by atoms with Gasteiger partial charge in [0.15, 0.2) is 5.11 Å². The second-order valence-corrected chi connectivity index (χ2v) is 8.81. The molecule has 1 aliphatic rings. The van der Waals surface area contributed by atoms with Crippen molar-refractivity contribution in [3.8, 4) is 5.69 Å². The second kappa shape index (κ2) is 8.45. The number of halogens is 1. The van der Waals surface area contributed by atoms with E-state index in [0.717, 1.165) is 34.0 Å². The summed E-state index contributed by atoms with van der Waals surface area (Å²) >= 11 is 5.82. The van der Waals surface area contributed by atoms with Gasteiger partial charge in [-0.1, -0.05) is 24.3 Å². The molecule has 6 heteroatoms. The molecule has 0 saturated carbocycles. The maximum absolute atomic E-state index is 14.1. The topological polar surface area (TPSA) is 33.1 Å². The van der Waals surface area contributed by atoms with Crippen LogP contribution in [-0.2, 0) is 0 Å². The van der Waals surface area contributed by atoms with Crippen molar-refractivity contribution in [2.45, 2.75) is 32.9 Å². The Morgan fingerprint density at radius 2 is 1.67 bits per heavy atom.